The van der Waals surface area contributed by atoms with Crippen molar-refractivity contribution in [3.63, 3.8) is 0 Å². The van der Waals surface area contributed by atoms with Crippen LogP contribution in [0.15, 0.2) is 0 Å². The molecule has 1 fully saturated rings. The molecule has 0 saturated carbocycles. The van der Waals surface area contributed by atoms with Crippen molar-refractivity contribution in [3.8, 4) is 12.3 Å². The maximum atomic E-state index is 11.5. The van der Waals surface area contributed by atoms with E-state index in [1.54, 1.807) is 0 Å². The SMILES string of the molecule is C#CCN1CCC(NC(=O)OC(C)(C)C)C1. The van der Waals surface area contributed by atoms with E-state index in [0.717, 1.165) is 19.5 Å². The number of rotatable bonds is 2. The standard InChI is InChI=1S/C12H20N2O2/c1-5-7-14-8-6-10(9-14)13-11(15)16-12(2,3)4/h1,10H,6-9H2,2-4H3,(H,13,15). The minimum atomic E-state index is -0.443. The Morgan fingerprint density at radius 3 is 2.88 bits per heavy atom. The number of nitrogens with zero attached hydrogens (tertiary/aromatic N) is 1. The fourth-order valence-electron chi connectivity index (χ4n) is 1.70. The Morgan fingerprint density at radius 1 is 1.62 bits per heavy atom. The lowest BCUT2D eigenvalue weighted by Crippen LogP contribution is -2.40. The van der Waals surface area contributed by atoms with Crippen molar-refractivity contribution < 1.29 is 9.53 Å². The van der Waals surface area contributed by atoms with Crippen LogP contribution in [0, 0.1) is 12.3 Å². The molecule has 1 rings (SSSR count). The van der Waals surface area contributed by atoms with Gasteiger partial charge in [-0.05, 0) is 27.2 Å². The molecule has 4 heteroatoms. The Bertz CT molecular complexity index is 288. The highest BCUT2D eigenvalue weighted by atomic mass is 16.6. The number of hydrogen-bond acceptors (Lipinski definition) is 3. The quantitative estimate of drug-likeness (QED) is 0.717. The number of ether oxygens (including phenoxy) is 1. The third-order valence-corrected chi connectivity index (χ3v) is 2.31. The molecule has 0 aromatic rings. The highest BCUT2D eigenvalue weighted by Gasteiger charge is 2.25. The number of carbonyl (C=O) groups excluding carboxylic acids is 1. The van der Waals surface area contributed by atoms with Crippen LogP contribution in [0.1, 0.15) is 27.2 Å². The van der Waals surface area contributed by atoms with Crippen molar-refractivity contribution in [2.75, 3.05) is 19.6 Å². The van der Waals surface area contributed by atoms with Crippen LogP contribution in [-0.4, -0.2) is 42.3 Å². The van der Waals surface area contributed by atoms with E-state index in [4.69, 9.17) is 11.2 Å². The first kappa shape index (κ1) is 12.9. The van der Waals surface area contributed by atoms with E-state index in [9.17, 15) is 4.79 Å². The Labute approximate surface area is 97.3 Å². The molecular formula is C12H20N2O2. The van der Waals surface area contributed by atoms with Crippen molar-refractivity contribution in [2.45, 2.75) is 38.8 Å². The normalized spacial score (nSPS) is 21.5. The van der Waals surface area contributed by atoms with Crippen molar-refractivity contribution in [3.05, 3.63) is 0 Å². The molecule has 0 aliphatic carbocycles. The van der Waals surface area contributed by atoms with Crippen LogP contribution in [0.5, 0.6) is 0 Å². The van der Waals surface area contributed by atoms with E-state index in [2.05, 4.69) is 16.1 Å². The Hall–Kier alpha value is -1.21. The summed E-state index contributed by atoms with van der Waals surface area (Å²) in [5.41, 5.74) is -0.443. The molecule has 1 N–H and O–H groups in total. The average molecular weight is 224 g/mol. The summed E-state index contributed by atoms with van der Waals surface area (Å²) in [5.74, 6) is 2.60. The summed E-state index contributed by atoms with van der Waals surface area (Å²) in [6.07, 6.45) is 5.82. The Morgan fingerprint density at radius 2 is 2.31 bits per heavy atom. The highest BCUT2D eigenvalue weighted by Crippen LogP contribution is 2.11. The van der Waals surface area contributed by atoms with Gasteiger partial charge in [0, 0.05) is 19.1 Å². The number of likely N-dealkylation sites (tertiary alicyclic amines) is 1. The predicted molar refractivity (Wildman–Crippen MR) is 63.0 cm³/mol. The largest absolute Gasteiger partial charge is 0.444 e. The molecule has 0 radical (unpaired) electrons. The van der Waals surface area contributed by atoms with Crippen LogP contribution in [0.4, 0.5) is 4.79 Å². The van der Waals surface area contributed by atoms with E-state index < -0.39 is 5.60 Å². The molecule has 1 aliphatic heterocycles. The van der Waals surface area contributed by atoms with E-state index in [1.165, 1.54) is 0 Å². The average Bonchev–Trinajstić information content (AvgIpc) is 2.49. The summed E-state index contributed by atoms with van der Waals surface area (Å²) in [4.78, 5) is 13.6. The second kappa shape index (κ2) is 5.22. The van der Waals surface area contributed by atoms with Crippen LogP contribution in [-0.2, 0) is 4.74 Å². The lowest BCUT2D eigenvalue weighted by atomic mass is 10.2. The summed E-state index contributed by atoms with van der Waals surface area (Å²) in [6.45, 7) is 7.95. The van der Waals surface area contributed by atoms with Gasteiger partial charge in [0.2, 0.25) is 0 Å². The van der Waals surface area contributed by atoms with Gasteiger partial charge < -0.3 is 10.1 Å². The van der Waals surface area contributed by atoms with Gasteiger partial charge in [-0.15, -0.1) is 6.42 Å². The van der Waals surface area contributed by atoms with Crippen molar-refractivity contribution in [1.29, 1.82) is 0 Å². The van der Waals surface area contributed by atoms with Crippen LogP contribution in [0.2, 0.25) is 0 Å². The maximum Gasteiger partial charge on any atom is 0.407 e. The number of alkyl carbamates (subject to hydrolysis) is 1. The molecule has 1 heterocycles. The first-order chi connectivity index (χ1) is 7.40. The lowest BCUT2D eigenvalue weighted by Gasteiger charge is -2.21. The third-order valence-electron chi connectivity index (χ3n) is 2.31. The zero-order chi connectivity index (χ0) is 12.2. The van der Waals surface area contributed by atoms with Gasteiger partial charge in [0.25, 0.3) is 0 Å². The van der Waals surface area contributed by atoms with E-state index in [1.807, 2.05) is 20.8 Å². The minimum absolute atomic E-state index is 0.156. The van der Waals surface area contributed by atoms with Gasteiger partial charge in [-0.1, -0.05) is 5.92 Å². The summed E-state index contributed by atoms with van der Waals surface area (Å²) >= 11 is 0. The first-order valence-electron chi connectivity index (χ1n) is 5.56. The zero-order valence-electron chi connectivity index (χ0n) is 10.2. The summed E-state index contributed by atoms with van der Waals surface area (Å²) in [7, 11) is 0. The van der Waals surface area contributed by atoms with Gasteiger partial charge >= 0.3 is 6.09 Å². The molecule has 1 atom stereocenters. The molecule has 90 valence electrons. The molecule has 0 bridgehead atoms. The molecule has 4 nitrogen and oxygen atoms in total. The second-order valence-corrected chi connectivity index (χ2v) is 5.07. The molecule has 1 aliphatic rings. The number of terminal acetylenes is 1. The maximum absolute atomic E-state index is 11.5. The Kier molecular flexibility index (Phi) is 4.19. The van der Waals surface area contributed by atoms with Gasteiger partial charge in [0.05, 0.1) is 6.54 Å². The third kappa shape index (κ3) is 4.54. The predicted octanol–water partition coefficient (Wildman–Crippen LogP) is 1.22. The smallest absolute Gasteiger partial charge is 0.407 e. The molecule has 0 aromatic heterocycles. The Balaban J connectivity index is 2.29. The lowest BCUT2D eigenvalue weighted by molar-refractivity contribution is 0.0506. The van der Waals surface area contributed by atoms with Crippen LogP contribution >= 0.6 is 0 Å². The number of nitrogens with one attached hydrogen (secondary N) is 1. The van der Waals surface area contributed by atoms with Gasteiger partial charge in [-0.3, -0.25) is 4.90 Å². The second-order valence-electron chi connectivity index (χ2n) is 5.07. The minimum Gasteiger partial charge on any atom is -0.444 e. The van der Waals surface area contributed by atoms with Gasteiger partial charge in [-0.25, -0.2) is 4.79 Å². The molecule has 0 spiro atoms. The number of amides is 1. The van der Waals surface area contributed by atoms with Gasteiger partial charge in [0.1, 0.15) is 5.60 Å². The first-order valence-corrected chi connectivity index (χ1v) is 5.56. The highest BCUT2D eigenvalue weighted by molar-refractivity contribution is 5.68. The molecule has 0 aromatic carbocycles. The molecule has 16 heavy (non-hydrogen) atoms. The van der Waals surface area contributed by atoms with E-state index >= 15 is 0 Å². The van der Waals surface area contributed by atoms with Crippen LogP contribution in [0.25, 0.3) is 0 Å². The number of hydrogen-bond donors (Lipinski definition) is 1. The van der Waals surface area contributed by atoms with Crippen molar-refractivity contribution in [2.24, 2.45) is 0 Å². The van der Waals surface area contributed by atoms with Crippen LogP contribution < -0.4 is 5.32 Å². The number of carbonyl (C=O) groups is 1. The summed E-state index contributed by atoms with van der Waals surface area (Å²) in [5, 5.41) is 2.85. The van der Waals surface area contributed by atoms with E-state index in [-0.39, 0.29) is 12.1 Å². The molecule has 1 unspecified atom stereocenters. The monoisotopic (exact) mass is 224 g/mol. The summed E-state index contributed by atoms with van der Waals surface area (Å²) < 4.78 is 5.19. The van der Waals surface area contributed by atoms with Crippen molar-refractivity contribution >= 4 is 6.09 Å². The zero-order valence-corrected chi connectivity index (χ0v) is 10.2. The van der Waals surface area contributed by atoms with Crippen molar-refractivity contribution in [1.82, 2.24) is 10.2 Å². The van der Waals surface area contributed by atoms with Gasteiger partial charge in [-0.2, -0.15) is 0 Å². The topological polar surface area (TPSA) is 41.6 Å². The molecule has 1 amide bonds. The molecular weight excluding hydrogens is 204 g/mol. The fraction of sp³-hybridized carbons (Fsp3) is 0.750. The summed E-state index contributed by atoms with van der Waals surface area (Å²) in [6, 6.07) is 0.156. The van der Waals surface area contributed by atoms with Crippen LogP contribution in [0.3, 0.4) is 0 Å². The molecule has 1 saturated heterocycles. The van der Waals surface area contributed by atoms with Gasteiger partial charge in [0.15, 0.2) is 0 Å². The fourth-order valence-corrected chi connectivity index (χ4v) is 1.70. The van der Waals surface area contributed by atoms with E-state index in [0.29, 0.717) is 6.54 Å².